The Kier molecular flexibility index (Phi) is 1.73. The van der Waals surface area contributed by atoms with Crippen LogP contribution in [0.4, 0.5) is 14.5 Å². The van der Waals surface area contributed by atoms with E-state index in [9.17, 15) is 8.78 Å². The van der Waals surface area contributed by atoms with Gasteiger partial charge in [-0.05, 0) is 6.07 Å². The number of anilines is 1. The summed E-state index contributed by atoms with van der Waals surface area (Å²) in [4.78, 5) is 0. The summed E-state index contributed by atoms with van der Waals surface area (Å²) in [6, 6.07) is 3.09. The van der Waals surface area contributed by atoms with E-state index in [0.29, 0.717) is 6.07 Å². The molecule has 2 N–H and O–H groups in total. The Hall–Kier alpha value is -1.63. The highest BCUT2D eigenvalue weighted by Crippen LogP contribution is 2.16. The average Bonchev–Trinajstić information content (AvgIpc) is 1.96. The molecule has 56 valence electrons. The number of nitriles is 1. The van der Waals surface area contributed by atoms with Crippen LogP contribution in [0.5, 0.6) is 0 Å². The van der Waals surface area contributed by atoms with Crippen molar-refractivity contribution in [1.29, 1.82) is 5.26 Å². The van der Waals surface area contributed by atoms with Crippen molar-refractivity contribution in [2.75, 3.05) is 5.73 Å². The average molecular weight is 154 g/mol. The normalized spacial score (nSPS) is 9.18. The van der Waals surface area contributed by atoms with Crippen molar-refractivity contribution >= 4 is 5.69 Å². The van der Waals surface area contributed by atoms with Crippen LogP contribution in [0.2, 0.25) is 0 Å². The SMILES string of the molecule is N#Cc1cc(F)cc(F)c1N. The van der Waals surface area contributed by atoms with Crippen molar-refractivity contribution in [2.45, 2.75) is 0 Å². The molecule has 0 bridgehead atoms. The standard InChI is InChI=1S/C7H4F2N2/c8-5-1-4(3-10)7(11)6(9)2-5/h1-2H,11H2. The summed E-state index contributed by atoms with van der Waals surface area (Å²) in [5.41, 5.74) is 4.61. The quantitative estimate of drug-likeness (QED) is 0.574. The first-order valence-corrected chi connectivity index (χ1v) is 2.79. The Morgan fingerprint density at radius 1 is 1.36 bits per heavy atom. The molecule has 2 nitrogen and oxygen atoms in total. The fourth-order valence-electron chi connectivity index (χ4n) is 0.677. The summed E-state index contributed by atoms with van der Waals surface area (Å²) < 4.78 is 24.9. The lowest BCUT2D eigenvalue weighted by Gasteiger charge is -1.97. The molecular formula is C7H4F2N2. The van der Waals surface area contributed by atoms with Crippen molar-refractivity contribution < 1.29 is 8.78 Å². The van der Waals surface area contributed by atoms with Crippen LogP contribution in [-0.2, 0) is 0 Å². The summed E-state index contributed by atoms with van der Waals surface area (Å²) >= 11 is 0. The molecule has 0 fully saturated rings. The molecule has 0 saturated heterocycles. The Morgan fingerprint density at radius 3 is 2.55 bits per heavy atom. The molecule has 1 aromatic carbocycles. The largest absolute Gasteiger partial charge is 0.395 e. The molecule has 0 aliphatic rings. The molecule has 0 aromatic heterocycles. The smallest absolute Gasteiger partial charge is 0.150 e. The predicted octanol–water partition coefficient (Wildman–Crippen LogP) is 1.42. The summed E-state index contributed by atoms with van der Waals surface area (Å²) in [7, 11) is 0. The highest BCUT2D eigenvalue weighted by Gasteiger charge is 2.06. The minimum atomic E-state index is -0.901. The van der Waals surface area contributed by atoms with Gasteiger partial charge in [-0.1, -0.05) is 0 Å². The minimum Gasteiger partial charge on any atom is -0.395 e. The van der Waals surface area contributed by atoms with Crippen LogP contribution in [-0.4, -0.2) is 0 Å². The number of nitrogens with two attached hydrogens (primary N) is 1. The Balaban J connectivity index is 3.39. The number of halogens is 2. The van der Waals surface area contributed by atoms with E-state index in [1.165, 1.54) is 0 Å². The van der Waals surface area contributed by atoms with Crippen molar-refractivity contribution in [1.82, 2.24) is 0 Å². The molecule has 1 rings (SSSR count). The molecule has 0 spiro atoms. The van der Waals surface area contributed by atoms with Crippen LogP contribution in [0.3, 0.4) is 0 Å². The minimum absolute atomic E-state index is 0.178. The van der Waals surface area contributed by atoms with Gasteiger partial charge in [-0.2, -0.15) is 5.26 Å². The van der Waals surface area contributed by atoms with Crippen LogP contribution in [0.15, 0.2) is 12.1 Å². The van der Waals surface area contributed by atoms with Gasteiger partial charge in [0.25, 0.3) is 0 Å². The van der Waals surface area contributed by atoms with Crippen LogP contribution < -0.4 is 5.73 Å². The topological polar surface area (TPSA) is 49.8 Å². The lowest BCUT2D eigenvalue weighted by molar-refractivity contribution is 0.585. The molecule has 0 saturated carbocycles. The molecule has 0 amide bonds. The zero-order valence-corrected chi connectivity index (χ0v) is 5.44. The van der Waals surface area contributed by atoms with E-state index >= 15 is 0 Å². The molecular weight excluding hydrogens is 150 g/mol. The van der Waals surface area contributed by atoms with Gasteiger partial charge in [-0.25, -0.2) is 8.78 Å². The van der Waals surface area contributed by atoms with Gasteiger partial charge in [0.1, 0.15) is 17.7 Å². The van der Waals surface area contributed by atoms with Crippen molar-refractivity contribution in [3.8, 4) is 6.07 Å². The maximum absolute atomic E-state index is 12.5. The molecule has 0 heterocycles. The van der Waals surface area contributed by atoms with Gasteiger partial charge in [0.05, 0.1) is 11.3 Å². The van der Waals surface area contributed by atoms with Gasteiger partial charge in [0.2, 0.25) is 0 Å². The van der Waals surface area contributed by atoms with Gasteiger partial charge in [0.15, 0.2) is 0 Å². The number of nitrogens with zero attached hydrogens (tertiary/aromatic N) is 1. The van der Waals surface area contributed by atoms with E-state index in [0.717, 1.165) is 6.07 Å². The van der Waals surface area contributed by atoms with Crippen molar-refractivity contribution in [2.24, 2.45) is 0 Å². The second kappa shape index (κ2) is 2.54. The van der Waals surface area contributed by atoms with Gasteiger partial charge in [-0.15, -0.1) is 0 Å². The van der Waals surface area contributed by atoms with Crippen LogP contribution in [0.1, 0.15) is 5.56 Å². The van der Waals surface area contributed by atoms with Gasteiger partial charge in [0, 0.05) is 6.07 Å². The van der Waals surface area contributed by atoms with Crippen molar-refractivity contribution in [3.63, 3.8) is 0 Å². The lowest BCUT2D eigenvalue weighted by atomic mass is 10.2. The number of hydrogen-bond donors (Lipinski definition) is 1. The molecule has 0 unspecified atom stereocenters. The maximum Gasteiger partial charge on any atom is 0.150 e. The van der Waals surface area contributed by atoms with E-state index in [1.54, 1.807) is 6.07 Å². The predicted molar refractivity (Wildman–Crippen MR) is 35.5 cm³/mol. The van der Waals surface area contributed by atoms with Crippen LogP contribution in [0.25, 0.3) is 0 Å². The molecule has 0 aliphatic heterocycles. The number of hydrogen-bond acceptors (Lipinski definition) is 2. The fourth-order valence-corrected chi connectivity index (χ4v) is 0.677. The Labute approximate surface area is 61.9 Å². The van der Waals surface area contributed by atoms with Crippen LogP contribution in [0, 0.1) is 23.0 Å². The number of nitrogen functional groups attached to an aromatic ring is 1. The number of benzene rings is 1. The third-order valence-electron chi connectivity index (χ3n) is 1.21. The van der Waals surface area contributed by atoms with Gasteiger partial charge < -0.3 is 5.73 Å². The third kappa shape index (κ3) is 1.27. The zero-order chi connectivity index (χ0) is 8.43. The monoisotopic (exact) mass is 154 g/mol. The highest BCUT2D eigenvalue weighted by molar-refractivity contribution is 5.54. The molecule has 11 heavy (non-hydrogen) atoms. The Bertz CT molecular complexity index is 328. The summed E-state index contributed by atoms with van der Waals surface area (Å²) in [6.45, 7) is 0. The molecule has 0 atom stereocenters. The fraction of sp³-hybridized carbons (Fsp3) is 0. The second-order valence-electron chi connectivity index (χ2n) is 1.96. The van der Waals surface area contributed by atoms with Gasteiger partial charge in [-0.3, -0.25) is 0 Å². The second-order valence-corrected chi connectivity index (χ2v) is 1.96. The summed E-state index contributed by atoms with van der Waals surface area (Å²) in [5, 5.41) is 8.30. The first-order valence-electron chi connectivity index (χ1n) is 2.79. The first-order chi connectivity index (χ1) is 5.15. The Morgan fingerprint density at radius 2 is 2.00 bits per heavy atom. The number of rotatable bonds is 0. The van der Waals surface area contributed by atoms with E-state index in [4.69, 9.17) is 11.0 Å². The lowest BCUT2D eigenvalue weighted by Crippen LogP contribution is -1.95. The first kappa shape index (κ1) is 7.48. The highest BCUT2D eigenvalue weighted by atomic mass is 19.1. The zero-order valence-electron chi connectivity index (χ0n) is 5.44. The van der Waals surface area contributed by atoms with E-state index in [-0.39, 0.29) is 11.3 Å². The molecule has 1 aromatic rings. The van der Waals surface area contributed by atoms with Gasteiger partial charge >= 0.3 is 0 Å². The van der Waals surface area contributed by atoms with E-state index in [2.05, 4.69) is 0 Å². The summed E-state index contributed by atoms with van der Waals surface area (Å²) in [5.74, 6) is -1.70. The van der Waals surface area contributed by atoms with E-state index < -0.39 is 11.6 Å². The summed E-state index contributed by atoms with van der Waals surface area (Å²) in [6.07, 6.45) is 0. The molecule has 4 heteroatoms. The van der Waals surface area contributed by atoms with E-state index in [1.807, 2.05) is 0 Å². The molecule has 0 radical (unpaired) electrons. The maximum atomic E-state index is 12.5. The van der Waals surface area contributed by atoms with Crippen molar-refractivity contribution in [3.05, 3.63) is 29.3 Å². The van der Waals surface area contributed by atoms with Crippen LogP contribution >= 0.6 is 0 Å². The molecule has 0 aliphatic carbocycles. The third-order valence-corrected chi connectivity index (χ3v) is 1.21.